The Morgan fingerprint density at radius 1 is 1.23 bits per heavy atom. The number of benzene rings is 1. The number of esters is 1. The number of sulfonamides is 1. The molecule has 1 aromatic rings. The lowest BCUT2D eigenvalue weighted by molar-refractivity contribution is -0.122. The van der Waals surface area contributed by atoms with Gasteiger partial charge in [-0.2, -0.15) is 4.31 Å². The smallest absolute Gasteiger partial charge is 0.338 e. The molecule has 0 atom stereocenters. The minimum atomic E-state index is -3.89. The summed E-state index contributed by atoms with van der Waals surface area (Å²) in [6.45, 7) is 2.58. The van der Waals surface area contributed by atoms with E-state index in [4.69, 9.17) is 4.74 Å². The van der Waals surface area contributed by atoms with Crippen molar-refractivity contribution in [1.82, 2.24) is 20.3 Å². The van der Waals surface area contributed by atoms with Crippen LogP contribution in [0, 0.1) is 0 Å². The number of hydrogen-bond acceptors (Lipinski definition) is 6. The van der Waals surface area contributed by atoms with Crippen molar-refractivity contribution in [3.05, 3.63) is 29.8 Å². The van der Waals surface area contributed by atoms with Crippen LogP contribution in [0.15, 0.2) is 29.2 Å². The highest BCUT2D eigenvalue weighted by molar-refractivity contribution is 7.89. The zero-order valence-corrected chi connectivity index (χ0v) is 18.2. The maximum Gasteiger partial charge on any atom is 0.338 e. The highest BCUT2D eigenvalue weighted by Gasteiger charge is 2.30. The third kappa shape index (κ3) is 5.95. The second-order valence-electron chi connectivity index (χ2n) is 7.60. The Labute approximate surface area is 181 Å². The summed E-state index contributed by atoms with van der Waals surface area (Å²) in [6, 6.07) is 5.51. The van der Waals surface area contributed by atoms with Crippen LogP contribution in [0.1, 0.15) is 43.0 Å². The van der Waals surface area contributed by atoms with Crippen LogP contribution in [-0.4, -0.2) is 69.0 Å². The number of nitrogens with one attached hydrogen (secondary N) is 3. The van der Waals surface area contributed by atoms with E-state index in [0.29, 0.717) is 32.2 Å². The monoisotopic (exact) mass is 452 g/mol. The molecule has 3 N–H and O–H groups in total. The molecule has 170 valence electrons. The first kappa shape index (κ1) is 23.0. The standard InChI is InChI=1S/C20H28N4O6S/c1-2-21-20(27)23-15-6-8-16(9-7-15)30-19(26)14-4-3-5-17(12-14)31(28,29)24-11-10-22-18(25)13-24/h3-5,12,15-16H,2,6-11,13H2,1H3,(H,22,25)(H2,21,23,27). The third-order valence-corrected chi connectivity index (χ3v) is 7.17. The van der Waals surface area contributed by atoms with Gasteiger partial charge in [0.05, 0.1) is 17.0 Å². The number of piperazine rings is 1. The summed E-state index contributed by atoms with van der Waals surface area (Å²) in [6.07, 6.45) is 2.33. The van der Waals surface area contributed by atoms with E-state index < -0.39 is 16.0 Å². The van der Waals surface area contributed by atoms with Crippen LogP contribution in [0.2, 0.25) is 0 Å². The summed E-state index contributed by atoms with van der Waals surface area (Å²) in [5.41, 5.74) is 0.144. The maximum absolute atomic E-state index is 12.8. The molecule has 1 heterocycles. The van der Waals surface area contributed by atoms with Crippen LogP contribution < -0.4 is 16.0 Å². The SMILES string of the molecule is CCNC(=O)NC1CCC(OC(=O)c2cccc(S(=O)(=O)N3CCNC(=O)C3)c2)CC1. The number of amides is 3. The van der Waals surface area contributed by atoms with E-state index in [2.05, 4.69) is 16.0 Å². The highest BCUT2D eigenvalue weighted by Crippen LogP contribution is 2.23. The Morgan fingerprint density at radius 2 is 1.97 bits per heavy atom. The van der Waals surface area contributed by atoms with Gasteiger partial charge in [0.25, 0.3) is 0 Å². The van der Waals surface area contributed by atoms with Gasteiger partial charge in [0, 0.05) is 25.7 Å². The van der Waals surface area contributed by atoms with E-state index in [1.54, 1.807) is 0 Å². The molecule has 1 aliphatic heterocycles. The van der Waals surface area contributed by atoms with Gasteiger partial charge in [-0.05, 0) is 50.8 Å². The second-order valence-corrected chi connectivity index (χ2v) is 9.54. The van der Waals surface area contributed by atoms with Crippen molar-refractivity contribution in [2.75, 3.05) is 26.2 Å². The fourth-order valence-corrected chi connectivity index (χ4v) is 5.14. The molecule has 2 aliphatic rings. The highest BCUT2D eigenvalue weighted by atomic mass is 32.2. The second kappa shape index (κ2) is 10.1. The van der Waals surface area contributed by atoms with Crippen molar-refractivity contribution in [2.45, 2.75) is 49.6 Å². The van der Waals surface area contributed by atoms with Crippen LogP contribution in [-0.2, 0) is 19.6 Å². The number of rotatable bonds is 6. The van der Waals surface area contributed by atoms with E-state index in [-0.39, 0.29) is 54.2 Å². The fourth-order valence-electron chi connectivity index (χ4n) is 3.69. The summed E-state index contributed by atoms with van der Waals surface area (Å²) in [5, 5.41) is 8.17. The van der Waals surface area contributed by atoms with E-state index >= 15 is 0 Å². The number of urea groups is 1. The summed E-state index contributed by atoms with van der Waals surface area (Å²) >= 11 is 0. The lowest BCUT2D eigenvalue weighted by Gasteiger charge is -2.29. The van der Waals surface area contributed by atoms with Crippen molar-refractivity contribution in [2.24, 2.45) is 0 Å². The lowest BCUT2D eigenvalue weighted by Crippen LogP contribution is -2.49. The molecular weight excluding hydrogens is 424 g/mol. The Balaban J connectivity index is 1.58. The zero-order valence-electron chi connectivity index (χ0n) is 17.4. The van der Waals surface area contributed by atoms with Gasteiger partial charge in [-0.3, -0.25) is 4.79 Å². The molecule has 11 heteroatoms. The molecule has 0 aromatic heterocycles. The van der Waals surface area contributed by atoms with Gasteiger partial charge in [-0.15, -0.1) is 0 Å². The number of hydrogen-bond donors (Lipinski definition) is 3. The van der Waals surface area contributed by atoms with Gasteiger partial charge in [0.1, 0.15) is 6.10 Å². The van der Waals surface area contributed by atoms with Gasteiger partial charge in [-0.1, -0.05) is 6.07 Å². The molecular formula is C20H28N4O6S. The predicted molar refractivity (Wildman–Crippen MR) is 112 cm³/mol. The van der Waals surface area contributed by atoms with Crippen molar-refractivity contribution in [3.63, 3.8) is 0 Å². The molecule has 0 radical (unpaired) electrons. The number of carbonyl (C=O) groups excluding carboxylic acids is 3. The molecule has 3 amide bonds. The topological polar surface area (TPSA) is 134 Å². The lowest BCUT2D eigenvalue weighted by atomic mass is 9.93. The van der Waals surface area contributed by atoms with Gasteiger partial charge in [0.15, 0.2) is 0 Å². The average Bonchev–Trinajstić information content (AvgIpc) is 2.75. The van der Waals surface area contributed by atoms with Gasteiger partial charge in [-0.25, -0.2) is 18.0 Å². The van der Waals surface area contributed by atoms with Crippen LogP contribution in [0.5, 0.6) is 0 Å². The molecule has 2 fully saturated rings. The molecule has 0 spiro atoms. The van der Waals surface area contributed by atoms with Gasteiger partial charge < -0.3 is 20.7 Å². The van der Waals surface area contributed by atoms with Crippen molar-refractivity contribution in [1.29, 1.82) is 0 Å². The summed E-state index contributed by atoms with van der Waals surface area (Å²) in [5.74, 6) is -0.948. The first-order valence-electron chi connectivity index (χ1n) is 10.4. The summed E-state index contributed by atoms with van der Waals surface area (Å²) in [7, 11) is -3.89. The molecule has 0 unspecified atom stereocenters. The fraction of sp³-hybridized carbons (Fsp3) is 0.550. The zero-order chi connectivity index (χ0) is 22.4. The van der Waals surface area contributed by atoms with Crippen molar-refractivity contribution < 1.29 is 27.5 Å². The van der Waals surface area contributed by atoms with Crippen LogP contribution in [0.3, 0.4) is 0 Å². The molecule has 3 rings (SSSR count). The van der Waals surface area contributed by atoms with Crippen LogP contribution >= 0.6 is 0 Å². The Bertz CT molecular complexity index is 927. The van der Waals surface area contributed by atoms with E-state index in [1.165, 1.54) is 24.3 Å². The Kier molecular flexibility index (Phi) is 7.50. The normalized spacial score (nSPS) is 22.3. The van der Waals surface area contributed by atoms with Gasteiger partial charge >= 0.3 is 12.0 Å². The summed E-state index contributed by atoms with van der Waals surface area (Å²) < 4.78 is 32.3. The number of nitrogens with zero attached hydrogens (tertiary/aromatic N) is 1. The largest absolute Gasteiger partial charge is 0.459 e. The van der Waals surface area contributed by atoms with Crippen molar-refractivity contribution in [3.8, 4) is 0 Å². The predicted octanol–water partition coefficient (Wildman–Crippen LogP) is 0.594. The molecule has 10 nitrogen and oxygen atoms in total. The molecule has 1 aliphatic carbocycles. The third-order valence-electron chi connectivity index (χ3n) is 5.33. The van der Waals surface area contributed by atoms with E-state index in [9.17, 15) is 22.8 Å². The van der Waals surface area contributed by atoms with Crippen LogP contribution in [0.4, 0.5) is 4.79 Å². The number of carbonyl (C=O) groups is 3. The maximum atomic E-state index is 12.8. The van der Waals surface area contributed by atoms with Crippen molar-refractivity contribution >= 4 is 27.9 Å². The molecule has 1 saturated heterocycles. The Hall–Kier alpha value is -2.66. The first-order chi connectivity index (χ1) is 14.8. The first-order valence-corrected chi connectivity index (χ1v) is 11.9. The van der Waals surface area contributed by atoms with Crippen LogP contribution in [0.25, 0.3) is 0 Å². The van der Waals surface area contributed by atoms with E-state index in [1.807, 2.05) is 6.92 Å². The van der Waals surface area contributed by atoms with E-state index in [0.717, 1.165) is 4.31 Å². The minimum Gasteiger partial charge on any atom is -0.459 e. The molecule has 1 aromatic carbocycles. The minimum absolute atomic E-state index is 0.0386. The average molecular weight is 453 g/mol. The molecule has 0 bridgehead atoms. The summed E-state index contributed by atoms with van der Waals surface area (Å²) in [4.78, 5) is 35.7. The number of ether oxygens (including phenoxy) is 1. The quantitative estimate of drug-likeness (QED) is 0.541. The van der Waals surface area contributed by atoms with Gasteiger partial charge in [0.2, 0.25) is 15.9 Å². The Morgan fingerprint density at radius 3 is 2.65 bits per heavy atom. The molecule has 31 heavy (non-hydrogen) atoms. The molecule has 1 saturated carbocycles.